The lowest BCUT2D eigenvalue weighted by Gasteiger charge is -2.05. The molecule has 1 nitrogen and oxygen atoms in total. The quantitative estimate of drug-likeness (QED) is 0.767. The van der Waals surface area contributed by atoms with Crippen molar-refractivity contribution in [2.45, 2.75) is 33.6 Å². The van der Waals surface area contributed by atoms with E-state index < -0.39 is 0 Å². The molecule has 1 aliphatic rings. The summed E-state index contributed by atoms with van der Waals surface area (Å²) < 4.78 is 0. The Labute approximate surface area is 92.1 Å². The molecule has 0 saturated heterocycles. The maximum atomic E-state index is 5.37. The molecule has 0 aliphatic heterocycles. The van der Waals surface area contributed by atoms with E-state index in [0.717, 1.165) is 5.75 Å². The number of rotatable bonds is 3. The maximum absolute atomic E-state index is 5.37. The zero-order valence-corrected chi connectivity index (χ0v) is 10.2. The molecule has 0 aromatic rings. The third-order valence-corrected chi connectivity index (χ3v) is 2.84. The van der Waals surface area contributed by atoms with Gasteiger partial charge in [-0.2, -0.15) is 0 Å². The highest BCUT2D eigenvalue weighted by Gasteiger charge is 1.97. The second-order valence-corrected chi connectivity index (χ2v) is 4.05. The van der Waals surface area contributed by atoms with E-state index in [1.807, 2.05) is 20.8 Å². The minimum Gasteiger partial charge on any atom is -0.404 e. The number of allylic oxidation sites excluding steroid dienone is 4. The van der Waals surface area contributed by atoms with Gasteiger partial charge in [0, 0.05) is 12.0 Å². The van der Waals surface area contributed by atoms with E-state index in [0.29, 0.717) is 0 Å². The largest absolute Gasteiger partial charge is 0.404 e. The van der Waals surface area contributed by atoms with Gasteiger partial charge in [-0.15, -0.1) is 11.8 Å². The van der Waals surface area contributed by atoms with Gasteiger partial charge in [0.2, 0.25) is 0 Å². The van der Waals surface area contributed by atoms with E-state index >= 15 is 0 Å². The standard InChI is InChI=1S/C10H15NS.C2H6/c1-9(7-11)12-8-10-5-3-2-4-6-10;1-2/h3,5-7H,2,4,8,11H2,1H3;1-2H3/b9-7-;. The van der Waals surface area contributed by atoms with Crippen LogP contribution in [0, 0.1) is 0 Å². The highest BCUT2D eigenvalue weighted by molar-refractivity contribution is 8.03. The first kappa shape index (κ1) is 13.4. The lowest BCUT2D eigenvalue weighted by atomic mass is 10.1. The normalized spacial score (nSPS) is 15.6. The van der Waals surface area contributed by atoms with E-state index in [2.05, 4.69) is 18.2 Å². The van der Waals surface area contributed by atoms with Gasteiger partial charge < -0.3 is 5.73 Å². The first-order valence-corrected chi connectivity index (χ1v) is 6.18. The maximum Gasteiger partial charge on any atom is 0.0225 e. The van der Waals surface area contributed by atoms with E-state index in [9.17, 15) is 0 Å². The first-order chi connectivity index (χ1) is 6.83. The van der Waals surface area contributed by atoms with E-state index in [1.165, 1.54) is 23.3 Å². The fraction of sp³-hybridized carbons (Fsp3) is 0.500. The van der Waals surface area contributed by atoms with Crippen LogP contribution in [0.5, 0.6) is 0 Å². The van der Waals surface area contributed by atoms with Crippen molar-refractivity contribution in [1.82, 2.24) is 0 Å². The van der Waals surface area contributed by atoms with Gasteiger partial charge in [0.1, 0.15) is 0 Å². The van der Waals surface area contributed by atoms with Crippen molar-refractivity contribution in [3.8, 4) is 0 Å². The summed E-state index contributed by atoms with van der Waals surface area (Å²) in [4.78, 5) is 1.19. The summed E-state index contributed by atoms with van der Waals surface area (Å²) in [6.45, 7) is 6.04. The van der Waals surface area contributed by atoms with Gasteiger partial charge in [-0.05, 0) is 30.2 Å². The highest BCUT2D eigenvalue weighted by Crippen LogP contribution is 2.20. The van der Waals surface area contributed by atoms with Crippen molar-refractivity contribution in [2.75, 3.05) is 5.75 Å². The topological polar surface area (TPSA) is 26.0 Å². The van der Waals surface area contributed by atoms with Crippen LogP contribution in [0.2, 0.25) is 0 Å². The second kappa shape index (κ2) is 8.95. The molecule has 0 fully saturated rings. The number of thioether (sulfide) groups is 1. The van der Waals surface area contributed by atoms with Gasteiger partial charge in [0.05, 0.1) is 0 Å². The Morgan fingerprint density at radius 3 is 2.71 bits per heavy atom. The molecule has 0 atom stereocenters. The Morgan fingerprint density at radius 1 is 1.50 bits per heavy atom. The molecule has 80 valence electrons. The van der Waals surface area contributed by atoms with E-state index in [-0.39, 0.29) is 0 Å². The fourth-order valence-corrected chi connectivity index (χ4v) is 1.72. The number of nitrogens with two attached hydrogens (primary N) is 1. The van der Waals surface area contributed by atoms with Crippen LogP contribution in [-0.2, 0) is 0 Å². The Hall–Kier alpha value is -0.630. The highest BCUT2D eigenvalue weighted by atomic mass is 32.2. The molecule has 0 bridgehead atoms. The van der Waals surface area contributed by atoms with Gasteiger partial charge in [0.15, 0.2) is 0 Å². The average molecular weight is 211 g/mol. The molecule has 2 heteroatoms. The Bertz CT molecular complexity index is 226. The smallest absolute Gasteiger partial charge is 0.0225 e. The molecule has 1 aliphatic carbocycles. The summed E-state index contributed by atoms with van der Waals surface area (Å²) in [5.74, 6) is 1.05. The predicted octanol–water partition coefficient (Wildman–Crippen LogP) is 3.84. The molecule has 0 aromatic heterocycles. The third kappa shape index (κ3) is 5.92. The molecule has 0 amide bonds. The van der Waals surface area contributed by atoms with Crippen molar-refractivity contribution >= 4 is 11.8 Å². The van der Waals surface area contributed by atoms with Crippen LogP contribution in [0.25, 0.3) is 0 Å². The Kier molecular flexibility index (Phi) is 8.54. The van der Waals surface area contributed by atoms with Crippen LogP contribution in [0.1, 0.15) is 33.6 Å². The minimum atomic E-state index is 1.05. The third-order valence-electron chi connectivity index (χ3n) is 1.77. The summed E-state index contributed by atoms with van der Waals surface area (Å²) in [7, 11) is 0. The predicted molar refractivity (Wildman–Crippen MR) is 68.2 cm³/mol. The van der Waals surface area contributed by atoms with Crippen molar-refractivity contribution in [2.24, 2.45) is 5.73 Å². The zero-order chi connectivity index (χ0) is 10.8. The summed E-state index contributed by atoms with van der Waals surface area (Å²) in [6, 6.07) is 0. The fourth-order valence-electron chi connectivity index (χ4n) is 1.02. The lowest BCUT2D eigenvalue weighted by Crippen LogP contribution is -1.89. The number of hydrogen-bond donors (Lipinski definition) is 1. The summed E-state index contributed by atoms with van der Waals surface area (Å²) in [5, 5.41) is 0. The molecule has 0 unspecified atom stereocenters. The van der Waals surface area contributed by atoms with E-state index in [1.54, 1.807) is 18.0 Å². The zero-order valence-electron chi connectivity index (χ0n) is 9.42. The van der Waals surface area contributed by atoms with Crippen molar-refractivity contribution < 1.29 is 0 Å². The van der Waals surface area contributed by atoms with Crippen molar-refractivity contribution in [3.63, 3.8) is 0 Å². The second-order valence-electron chi connectivity index (χ2n) is 2.82. The Balaban J connectivity index is 0.000000791. The summed E-state index contributed by atoms with van der Waals surface area (Å²) in [6.07, 6.45) is 10.8. The summed E-state index contributed by atoms with van der Waals surface area (Å²) in [5.41, 5.74) is 6.79. The van der Waals surface area contributed by atoms with Crippen molar-refractivity contribution in [3.05, 3.63) is 34.9 Å². The van der Waals surface area contributed by atoms with Crippen LogP contribution in [0.3, 0.4) is 0 Å². The Morgan fingerprint density at radius 2 is 2.21 bits per heavy atom. The minimum absolute atomic E-state index is 1.05. The van der Waals surface area contributed by atoms with E-state index in [4.69, 9.17) is 5.73 Å². The molecule has 0 aromatic carbocycles. The number of hydrogen-bond acceptors (Lipinski definition) is 2. The summed E-state index contributed by atoms with van der Waals surface area (Å²) >= 11 is 1.80. The lowest BCUT2D eigenvalue weighted by molar-refractivity contribution is 1.02. The monoisotopic (exact) mass is 211 g/mol. The molecule has 14 heavy (non-hydrogen) atoms. The van der Waals surface area contributed by atoms with Gasteiger partial charge in [-0.1, -0.05) is 32.1 Å². The molecule has 2 N–H and O–H groups in total. The van der Waals surface area contributed by atoms with Gasteiger partial charge in [0.25, 0.3) is 0 Å². The molecule has 0 spiro atoms. The SMILES string of the molecule is C/C(=C/N)SCC1=CCCC=C1.CC. The van der Waals surface area contributed by atoms with Crippen LogP contribution in [0.4, 0.5) is 0 Å². The average Bonchev–Trinajstić information content (AvgIpc) is 2.30. The van der Waals surface area contributed by atoms with Crippen LogP contribution >= 0.6 is 11.8 Å². The van der Waals surface area contributed by atoms with Crippen LogP contribution < -0.4 is 5.73 Å². The van der Waals surface area contributed by atoms with Crippen LogP contribution in [0.15, 0.2) is 34.9 Å². The molecule has 0 saturated carbocycles. The van der Waals surface area contributed by atoms with Gasteiger partial charge >= 0.3 is 0 Å². The molecule has 1 rings (SSSR count). The molecular weight excluding hydrogens is 190 g/mol. The molecule has 0 radical (unpaired) electrons. The van der Waals surface area contributed by atoms with Gasteiger partial charge in [-0.3, -0.25) is 0 Å². The van der Waals surface area contributed by atoms with Crippen LogP contribution in [-0.4, -0.2) is 5.75 Å². The molecule has 0 heterocycles. The van der Waals surface area contributed by atoms with Gasteiger partial charge in [-0.25, -0.2) is 0 Å². The first-order valence-electron chi connectivity index (χ1n) is 5.20. The van der Waals surface area contributed by atoms with Crippen molar-refractivity contribution in [1.29, 1.82) is 0 Å². The molecular formula is C12H21NS.